The van der Waals surface area contributed by atoms with Crippen molar-refractivity contribution in [1.82, 2.24) is 20.5 Å². The lowest BCUT2D eigenvalue weighted by atomic mass is 10.1. The van der Waals surface area contributed by atoms with Crippen LogP contribution in [0.15, 0.2) is 29.4 Å². The van der Waals surface area contributed by atoms with Gasteiger partial charge < -0.3 is 25.3 Å². The third-order valence-corrected chi connectivity index (χ3v) is 4.15. The van der Waals surface area contributed by atoms with Crippen LogP contribution < -0.4 is 10.6 Å². The molecule has 0 saturated heterocycles. The third-order valence-electron chi connectivity index (χ3n) is 4.15. The van der Waals surface area contributed by atoms with Crippen molar-refractivity contribution >= 4 is 46.7 Å². The Morgan fingerprint density at radius 3 is 2.70 bits per heavy atom. The SMILES string of the molecule is COCCNC(=NCC(=O)N(C)C)NCCc1c[nH]c2cccc(C)c12.I. The summed E-state index contributed by atoms with van der Waals surface area (Å²) in [5.74, 6) is 0.582. The number of methoxy groups -OCH3 is 1. The van der Waals surface area contributed by atoms with E-state index in [1.54, 1.807) is 21.2 Å². The molecule has 0 radical (unpaired) electrons. The summed E-state index contributed by atoms with van der Waals surface area (Å²) in [6.07, 6.45) is 2.92. The second-order valence-corrected chi connectivity index (χ2v) is 6.36. The first-order valence-electron chi connectivity index (χ1n) is 8.79. The molecule has 0 spiro atoms. The van der Waals surface area contributed by atoms with Gasteiger partial charge in [0.2, 0.25) is 5.91 Å². The Kier molecular flexibility index (Phi) is 10.2. The molecule has 1 amide bonds. The number of guanidine groups is 1. The van der Waals surface area contributed by atoms with Crippen LogP contribution in [0.2, 0.25) is 0 Å². The van der Waals surface area contributed by atoms with Gasteiger partial charge in [-0.3, -0.25) is 4.79 Å². The number of aromatic nitrogens is 1. The number of hydrogen-bond acceptors (Lipinski definition) is 3. The summed E-state index contributed by atoms with van der Waals surface area (Å²) >= 11 is 0. The molecule has 1 aromatic carbocycles. The molecule has 1 heterocycles. The number of ether oxygens (including phenoxy) is 1. The Morgan fingerprint density at radius 1 is 1.26 bits per heavy atom. The molecule has 150 valence electrons. The molecule has 27 heavy (non-hydrogen) atoms. The zero-order valence-electron chi connectivity index (χ0n) is 16.5. The highest BCUT2D eigenvalue weighted by Gasteiger charge is 2.07. The lowest BCUT2D eigenvalue weighted by Crippen LogP contribution is -2.40. The van der Waals surface area contributed by atoms with Gasteiger partial charge in [0, 0.05) is 51.4 Å². The van der Waals surface area contributed by atoms with Crippen LogP contribution in [0.25, 0.3) is 10.9 Å². The van der Waals surface area contributed by atoms with E-state index in [9.17, 15) is 4.79 Å². The second-order valence-electron chi connectivity index (χ2n) is 6.36. The lowest BCUT2D eigenvalue weighted by Gasteiger charge is -2.13. The maximum Gasteiger partial charge on any atom is 0.243 e. The number of nitrogens with one attached hydrogen (secondary N) is 3. The monoisotopic (exact) mass is 487 g/mol. The fraction of sp³-hybridized carbons (Fsp3) is 0.474. The molecule has 0 aliphatic heterocycles. The smallest absolute Gasteiger partial charge is 0.243 e. The van der Waals surface area contributed by atoms with E-state index < -0.39 is 0 Å². The number of halogens is 1. The van der Waals surface area contributed by atoms with Gasteiger partial charge in [0.1, 0.15) is 6.54 Å². The molecule has 0 aliphatic carbocycles. The first-order valence-corrected chi connectivity index (χ1v) is 8.79. The molecule has 7 nitrogen and oxygen atoms in total. The van der Waals surface area contributed by atoms with Crippen molar-refractivity contribution < 1.29 is 9.53 Å². The summed E-state index contributed by atoms with van der Waals surface area (Å²) in [6.45, 7) is 4.16. The quantitative estimate of drug-likeness (QED) is 0.230. The van der Waals surface area contributed by atoms with E-state index in [2.05, 4.69) is 51.9 Å². The molecule has 0 aliphatic rings. The fourth-order valence-electron chi connectivity index (χ4n) is 2.70. The Labute approximate surface area is 178 Å². The van der Waals surface area contributed by atoms with Gasteiger partial charge in [0.15, 0.2) is 5.96 Å². The number of amides is 1. The number of fused-ring (bicyclic) bond motifs is 1. The van der Waals surface area contributed by atoms with Gasteiger partial charge in [-0.1, -0.05) is 12.1 Å². The van der Waals surface area contributed by atoms with E-state index in [1.165, 1.54) is 21.4 Å². The minimum Gasteiger partial charge on any atom is -0.383 e. The number of carbonyl (C=O) groups excluding carboxylic acids is 1. The Balaban J connectivity index is 0.00000364. The normalized spacial score (nSPS) is 11.2. The molecular weight excluding hydrogens is 457 g/mol. The fourth-order valence-corrected chi connectivity index (χ4v) is 2.70. The van der Waals surface area contributed by atoms with Crippen LogP contribution in [-0.4, -0.2) is 69.2 Å². The van der Waals surface area contributed by atoms with E-state index in [1.807, 2.05) is 0 Å². The molecule has 0 fully saturated rings. The highest BCUT2D eigenvalue weighted by molar-refractivity contribution is 14.0. The van der Waals surface area contributed by atoms with Crippen LogP contribution in [0.4, 0.5) is 0 Å². The van der Waals surface area contributed by atoms with E-state index in [0.717, 1.165) is 18.5 Å². The van der Waals surface area contributed by atoms with Crippen LogP contribution in [0.1, 0.15) is 11.1 Å². The van der Waals surface area contributed by atoms with Crippen LogP contribution in [-0.2, 0) is 16.0 Å². The molecule has 8 heteroatoms. The number of hydrogen-bond donors (Lipinski definition) is 3. The number of rotatable bonds is 8. The van der Waals surface area contributed by atoms with Gasteiger partial charge in [-0.05, 0) is 30.5 Å². The van der Waals surface area contributed by atoms with Gasteiger partial charge in [0.05, 0.1) is 6.61 Å². The summed E-state index contributed by atoms with van der Waals surface area (Å²) < 4.78 is 5.06. The van der Waals surface area contributed by atoms with Gasteiger partial charge in [-0.2, -0.15) is 0 Å². The third kappa shape index (κ3) is 7.02. The van der Waals surface area contributed by atoms with Gasteiger partial charge >= 0.3 is 0 Å². The number of aryl methyl sites for hydroxylation is 1. The number of likely N-dealkylation sites (N-methyl/N-ethyl adjacent to an activating group) is 1. The van der Waals surface area contributed by atoms with Crippen molar-refractivity contribution in [3.05, 3.63) is 35.5 Å². The Bertz CT molecular complexity index is 758. The summed E-state index contributed by atoms with van der Waals surface area (Å²) in [5, 5.41) is 7.75. The van der Waals surface area contributed by atoms with Crippen LogP contribution >= 0.6 is 24.0 Å². The second kappa shape index (κ2) is 11.8. The maximum absolute atomic E-state index is 11.8. The largest absolute Gasteiger partial charge is 0.383 e. The molecule has 0 unspecified atom stereocenters. The lowest BCUT2D eigenvalue weighted by molar-refractivity contribution is -0.127. The molecule has 0 bridgehead atoms. The molecule has 2 rings (SSSR count). The van der Waals surface area contributed by atoms with Crippen molar-refractivity contribution in [3.63, 3.8) is 0 Å². The van der Waals surface area contributed by atoms with E-state index in [0.29, 0.717) is 19.1 Å². The number of aliphatic imine (C=N–C) groups is 1. The van der Waals surface area contributed by atoms with Crippen LogP contribution in [0, 0.1) is 6.92 Å². The zero-order valence-corrected chi connectivity index (χ0v) is 18.8. The van der Waals surface area contributed by atoms with Crippen molar-refractivity contribution in [2.45, 2.75) is 13.3 Å². The van der Waals surface area contributed by atoms with E-state index >= 15 is 0 Å². The standard InChI is InChI=1S/C19H29N5O2.HI/c1-14-6-5-7-16-18(14)15(12-22-16)8-9-20-19(21-10-11-26-4)23-13-17(25)24(2)3;/h5-7,12,22H,8-11,13H2,1-4H3,(H2,20,21,23);1H. The summed E-state index contributed by atoms with van der Waals surface area (Å²) in [4.78, 5) is 21.0. The predicted octanol–water partition coefficient (Wildman–Crippen LogP) is 1.91. The summed E-state index contributed by atoms with van der Waals surface area (Å²) in [6, 6.07) is 6.27. The maximum atomic E-state index is 11.8. The summed E-state index contributed by atoms with van der Waals surface area (Å²) in [7, 11) is 5.10. The number of H-pyrrole nitrogens is 1. The predicted molar refractivity (Wildman–Crippen MR) is 121 cm³/mol. The molecule has 0 saturated carbocycles. The Morgan fingerprint density at radius 2 is 2.00 bits per heavy atom. The van der Waals surface area contributed by atoms with E-state index in [-0.39, 0.29) is 36.4 Å². The highest BCUT2D eigenvalue weighted by Crippen LogP contribution is 2.22. The van der Waals surface area contributed by atoms with Crippen LogP contribution in [0.3, 0.4) is 0 Å². The zero-order chi connectivity index (χ0) is 18.9. The van der Waals surface area contributed by atoms with E-state index in [4.69, 9.17) is 4.74 Å². The molecule has 3 N–H and O–H groups in total. The molecule has 0 atom stereocenters. The number of benzene rings is 1. The summed E-state index contributed by atoms with van der Waals surface area (Å²) in [5.41, 5.74) is 3.69. The first-order chi connectivity index (χ1) is 12.5. The number of nitrogens with zero attached hydrogens (tertiary/aromatic N) is 2. The average molecular weight is 487 g/mol. The van der Waals surface area contributed by atoms with Crippen molar-refractivity contribution in [1.29, 1.82) is 0 Å². The molecule has 1 aromatic heterocycles. The minimum absolute atomic E-state index is 0. The molecular formula is C19H30IN5O2. The minimum atomic E-state index is -0.0369. The molecule has 2 aromatic rings. The number of aromatic amines is 1. The van der Waals surface area contributed by atoms with Gasteiger partial charge in [-0.25, -0.2) is 4.99 Å². The van der Waals surface area contributed by atoms with Crippen molar-refractivity contribution in [2.75, 3.05) is 47.4 Å². The van der Waals surface area contributed by atoms with Crippen molar-refractivity contribution in [3.8, 4) is 0 Å². The topological polar surface area (TPSA) is 81.8 Å². The Hall–Kier alpha value is -1.81. The first kappa shape index (κ1) is 23.2. The van der Waals surface area contributed by atoms with Crippen molar-refractivity contribution in [2.24, 2.45) is 4.99 Å². The highest BCUT2D eigenvalue weighted by atomic mass is 127. The van der Waals surface area contributed by atoms with Crippen LogP contribution in [0.5, 0.6) is 0 Å². The number of carbonyl (C=O) groups is 1. The van der Waals surface area contributed by atoms with Gasteiger partial charge in [0.25, 0.3) is 0 Å². The average Bonchev–Trinajstić information content (AvgIpc) is 3.03. The van der Waals surface area contributed by atoms with Gasteiger partial charge in [-0.15, -0.1) is 24.0 Å².